The number of ether oxygens (including phenoxy) is 2. The lowest BCUT2D eigenvalue weighted by Crippen LogP contribution is -2.27. The van der Waals surface area contributed by atoms with Gasteiger partial charge < -0.3 is 18.8 Å². The maximum atomic E-state index is 13.3. The Kier molecular flexibility index (Phi) is 5.59. The molecule has 1 fully saturated rings. The molecule has 1 saturated heterocycles. The second-order valence-electron chi connectivity index (χ2n) is 7.65. The number of aromatic nitrogens is 3. The van der Waals surface area contributed by atoms with Crippen LogP contribution in [0.1, 0.15) is 23.2 Å². The van der Waals surface area contributed by atoms with E-state index in [0.29, 0.717) is 38.7 Å². The van der Waals surface area contributed by atoms with Crippen LogP contribution in [0.3, 0.4) is 0 Å². The van der Waals surface area contributed by atoms with Gasteiger partial charge >= 0.3 is 0 Å². The molecule has 170 valence electrons. The van der Waals surface area contributed by atoms with Crippen LogP contribution in [-0.4, -0.2) is 47.9 Å². The van der Waals surface area contributed by atoms with E-state index < -0.39 is 5.56 Å². The number of fused-ring (bicyclic) bond motifs is 1. The van der Waals surface area contributed by atoms with Gasteiger partial charge in [-0.15, -0.1) is 0 Å². The van der Waals surface area contributed by atoms with Crippen molar-refractivity contribution in [2.45, 2.75) is 19.4 Å². The lowest BCUT2D eigenvalue weighted by Gasteiger charge is -2.11. The molecule has 4 aromatic rings. The summed E-state index contributed by atoms with van der Waals surface area (Å²) in [5.41, 5.74) is 0.772. The zero-order chi connectivity index (χ0) is 22.9. The van der Waals surface area contributed by atoms with Crippen molar-refractivity contribution in [1.29, 1.82) is 0 Å². The van der Waals surface area contributed by atoms with Crippen molar-refractivity contribution in [1.82, 2.24) is 14.8 Å². The molecule has 0 saturated carbocycles. The Morgan fingerprint density at radius 2 is 1.94 bits per heavy atom. The first-order valence-electron chi connectivity index (χ1n) is 10.5. The third-order valence-electron chi connectivity index (χ3n) is 5.62. The van der Waals surface area contributed by atoms with E-state index in [0.717, 1.165) is 35.7 Å². The molecule has 0 atom stereocenters. The minimum Gasteiger partial charge on any atom is -0.493 e. The van der Waals surface area contributed by atoms with E-state index in [4.69, 9.17) is 13.9 Å². The lowest BCUT2D eigenvalue weighted by atomic mass is 10.1. The van der Waals surface area contributed by atoms with Crippen LogP contribution in [0.25, 0.3) is 21.7 Å². The summed E-state index contributed by atoms with van der Waals surface area (Å²) < 4.78 is 17.9. The van der Waals surface area contributed by atoms with Gasteiger partial charge in [0.15, 0.2) is 33.7 Å². The molecule has 5 rings (SSSR count). The molecule has 0 N–H and O–H groups in total. The molecule has 1 aromatic carbocycles. The van der Waals surface area contributed by atoms with E-state index in [1.54, 1.807) is 36.6 Å². The third kappa shape index (κ3) is 3.86. The summed E-state index contributed by atoms with van der Waals surface area (Å²) in [4.78, 5) is 33.1. The number of hydrogen-bond acceptors (Lipinski definition) is 9. The number of furan rings is 1. The van der Waals surface area contributed by atoms with E-state index in [1.807, 2.05) is 0 Å². The van der Waals surface area contributed by atoms with Gasteiger partial charge in [-0.1, -0.05) is 11.3 Å². The minimum atomic E-state index is -0.407. The van der Waals surface area contributed by atoms with Crippen LogP contribution in [0.2, 0.25) is 0 Å². The van der Waals surface area contributed by atoms with Gasteiger partial charge in [0.25, 0.3) is 5.56 Å². The predicted octanol–water partition coefficient (Wildman–Crippen LogP) is 3.61. The number of ketones is 1. The SMILES string of the molecule is COc1ccc(C(=O)Cn2nc(-c3ccco3)c3sc(N4CCCC4)nc3c2=O)cc1OC. The van der Waals surface area contributed by atoms with Crippen LogP contribution < -0.4 is 19.9 Å². The highest BCUT2D eigenvalue weighted by Crippen LogP contribution is 2.35. The second-order valence-corrected chi connectivity index (χ2v) is 8.63. The molecule has 10 heteroatoms. The first-order valence-corrected chi connectivity index (χ1v) is 11.4. The topological polar surface area (TPSA) is 99.7 Å². The van der Waals surface area contributed by atoms with Gasteiger partial charge in [0.05, 0.1) is 25.2 Å². The molecular weight excluding hydrogens is 444 g/mol. The average Bonchev–Trinajstić information content (AvgIpc) is 3.61. The Morgan fingerprint density at radius 1 is 1.15 bits per heavy atom. The van der Waals surface area contributed by atoms with E-state index in [2.05, 4.69) is 15.0 Å². The molecular formula is C23H22N4O5S. The Hall–Kier alpha value is -3.66. The smallest absolute Gasteiger partial charge is 0.294 e. The number of thiazole rings is 1. The monoisotopic (exact) mass is 466 g/mol. The predicted molar refractivity (Wildman–Crippen MR) is 125 cm³/mol. The number of carbonyl (C=O) groups excluding carboxylic acids is 1. The number of hydrogen-bond donors (Lipinski definition) is 0. The van der Waals surface area contributed by atoms with Gasteiger partial charge in [-0.05, 0) is 43.2 Å². The van der Waals surface area contributed by atoms with Crippen molar-refractivity contribution in [2.75, 3.05) is 32.2 Å². The normalized spacial score (nSPS) is 13.6. The molecule has 1 aliphatic rings. The van der Waals surface area contributed by atoms with Crippen molar-refractivity contribution in [3.63, 3.8) is 0 Å². The molecule has 9 nitrogen and oxygen atoms in total. The first kappa shape index (κ1) is 21.2. The molecule has 0 aliphatic carbocycles. The molecule has 0 radical (unpaired) electrons. The van der Waals surface area contributed by atoms with Crippen molar-refractivity contribution < 1.29 is 18.7 Å². The Bertz CT molecular complexity index is 1370. The summed E-state index contributed by atoms with van der Waals surface area (Å²) in [6.07, 6.45) is 3.75. The number of methoxy groups -OCH3 is 2. The van der Waals surface area contributed by atoms with Gasteiger partial charge in [-0.3, -0.25) is 9.59 Å². The van der Waals surface area contributed by atoms with Crippen molar-refractivity contribution >= 4 is 32.5 Å². The fraction of sp³-hybridized carbons (Fsp3) is 0.304. The number of rotatable bonds is 7. The molecule has 4 heterocycles. The van der Waals surface area contributed by atoms with E-state index in [1.165, 1.54) is 25.6 Å². The van der Waals surface area contributed by atoms with Crippen LogP contribution >= 0.6 is 11.3 Å². The summed E-state index contributed by atoms with van der Waals surface area (Å²) in [7, 11) is 3.03. The average molecular weight is 467 g/mol. The fourth-order valence-electron chi connectivity index (χ4n) is 3.91. The quantitative estimate of drug-likeness (QED) is 0.381. The van der Waals surface area contributed by atoms with Crippen LogP contribution in [0.4, 0.5) is 5.13 Å². The Balaban J connectivity index is 1.57. The second kappa shape index (κ2) is 8.70. The molecule has 0 spiro atoms. The number of benzene rings is 1. The van der Waals surface area contributed by atoms with Gasteiger partial charge in [0.2, 0.25) is 0 Å². The van der Waals surface area contributed by atoms with Crippen molar-refractivity contribution in [2.24, 2.45) is 0 Å². The highest BCUT2D eigenvalue weighted by atomic mass is 32.1. The molecule has 0 amide bonds. The van der Waals surface area contributed by atoms with Crippen LogP contribution in [0.15, 0.2) is 45.8 Å². The fourth-order valence-corrected chi connectivity index (χ4v) is 5.01. The molecule has 1 aliphatic heterocycles. The largest absolute Gasteiger partial charge is 0.493 e. The molecule has 3 aromatic heterocycles. The standard InChI is InChI=1S/C23H22N4O5S/c1-30-16-8-7-14(12-18(16)31-2)15(28)13-27-22(29)20-21(19(25-27)17-6-5-11-32-17)33-23(24-20)26-9-3-4-10-26/h5-8,11-12H,3-4,9-10,13H2,1-2H3. The van der Waals surface area contributed by atoms with Gasteiger partial charge in [0, 0.05) is 18.7 Å². The Morgan fingerprint density at radius 3 is 2.64 bits per heavy atom. The number of carbonyl (C=O) groups is 1. The van der Waals surface area contributed by atoms with E-state index >= 15 is 0 Å². The summed E-state index contributed by atoms with van der Waals surface area (Å²) in [5.74, 6) is 1.18. The third-order valence-corrected chi connectivity index (χ3v) is 6.74. The lowest BCUT2D eigenvalue weighted by molar-refractivity contribution is 0.0965. The highest BCUT2D eigenvalue weighted by Gasteiger charge is 2.24. The van der Waals surface area contributed by atoms with Gasteiger partial charge in [0.1, 0.15) is 12.2 Å². The van der Waals surface area contributed by atoms with E-state index in [9.17, 15) is 9.59 Å². The van der Waals surface area contributed by atoms with Crippen molar-refractivity contribution in [3.8, 4) is 23.0 Å². The van der Waals surface area contributed by atoms with Crippen LogP contribution in [0, 0.1) is 0 Å². The maximum absolute atomic E-state index is 13.3. The van der Waals surface area contributed by atoms with Crippen LogP contribution in [-0.2, 0) is 6.54 Å². The Labute approximate surface area is 193 Å². The summed E-state index contributed by atoms with van der Waals surface area (Å²) in [6.45, 7) is 1.58. The maximum Gasteiger partial charge on any atom is 0.294 e. The zero-order valence-corrected chi connectivity index (χ0v) is 19.1. The highest BCUT2D eigenvalue weighted by molar-refractivity contribution is 7.22. The first-order chi connectivity index (χ1) is 16.1. The zero-order valence-electron chi connectivity index (χ0n) is 18.2. The van der Waals surface area contributed by atoms with Gasteiger partial charge in [-0.25, -0.2) is 9.67 Å². The number of Topliss-reactive ketones (excluding diaryl/α,β-unsaturated/α-hetero) is 1. The van der Waals surface area contributed by atoms with Crippen molar-refractivity contribution in [3.05, 3.63) is 52.5 Å². The van der Waals surface area contributed by atoms with Crippen LogP contribution in [0.5, 0.6) is 11.5 Å². The summed E-state index contributed by atoms with van der Waals surface area (Å²) in [6, 6.07) is 8.42. The molecule has 0 bridgehead atoms. The number of nitrogens with zero attached hydrogens (tertiary/aromatic N) is 4. The van der Waals surface area contributed by atoms with E-state index in [-0.39, 0.29) is 12.3 Å². The minimum absolute atomic E-state index is 0.242. The summed E-state index contributed by atoms with van der Waals surface area (Å²) in [5, 5.41) is 5.30. The van der Waals surface area contributed by atoms with Gasteiger partial charge in [-0.2, -0.15) is 5.10 Å². The summed E-state index contributed by atoms with van der Waals surface area (Å²) >= 11 is 1.43. The molecule has 33 heavy (non-hydrogen) atoms. The molecule has 0 unspecified atom stereocenters. The number of anilines is 1.